The molecule has 0 saturated carbocycles. The smallest absolute Gasteiger partial charge is 0.269 e. The molecule has 0 aliphatic carbocycles. The SMILES string of the molecule is CCN(CC)c1ccc(NC(=O)Cn2c(=O)/c(=C/c3ccsc3)s/c2=C\C(=O)C(C)(C)C)cc1. The van der Waals surface area contributed by atoms with Crippen LogP contribution in [-0.4, -0.2) is 29.3 Å². The first-order valence-electron chi connectivity index (χ1n) is 11.3. The van der Waals surface area contributed by atoms with Gasteiger partial charge < -0.3 is 10.2 Å². The Morgan fingerprint density at radius 2 is 1.76 bits per heavy atom. The molecule has 34 heavy (non-hydrogen) atoms. The first-order valence-corrected chi connectivity index (χ1v) is 13.0. The Balaban J connectivity index is 1.91. The minimum absolute atomic E-state index is 0.100. The maximum absolute atomic E-state index is 13.1. The van der Waals surface area contributed by atoms with E-state index in [1.54, 1.807) is 17.4 Å². The molecule has 0 radical (unpaired) electrons. The standard InChI is InChI=1S/C26H31N3O3S2/c1-6-28(7-2)20-10-8-19(9-11-20)27-23(31)16-29-24(15-22(30)26(3,4)5)34-21(25(29)32)14-18-12-13-33-17-18/h8-15,17H,6-7,16H2,1-5H3,(H,27,31)/b21-14-,24-15-. The lowest BCUT2D eigenvalue weighted by Crippen LogP contribution is -2.36. The van der Waals surface area contributed by atoms with Gasteiger partial charge in [-0.1, -0.05) is 20.8 Å². The number of Topliss-reactive ketones (excluding diaryl/α,β-unsaturated/α-hetero) is 1. The van der Waals surface area contributed by atoms with E-state index in [1.165, 1.54) is 22.0 Å². The van der Waals surface area contributed by atoms with Crippen molar-refractivity contribution in [2.45, 2.75) is 41.2 Å². The number of anilines is 2. The molecule has 1 aromatic carbocycles. The van der Waals surface area contributed by atoms with Crippen LogP contribution in [0.2, 0.25) is 0 Å². The molecule has 0 aliphatic heterocycles. The van der Waals surface area contributed by atoms with Crippen molar-refractivity contribution in [1.82, 2.24) is 4.57 Å². The van der Waals surface area contributed by atoms with Gasteiger partial charge in [0.05, 0.1) is 4.53 Å². The molecule has 2 aromatic heterocycles. The van der Waals surface area contributed by atoms with E-state index in [9.17, 15) is 14.4 Å². The van der Waals surface area contributed by atoms with Crippen LogP contribution >= 0.6 is 22.7 Å². The van der Waals surface area contributed by atoms with E-state index in [0.29, 0.717) is 14.9 Å². The van der Waals surface area contributed by atoms with Crippen molar-refractivity contribution in [2.75, 3.05) is 23.3 Å². The fourth-order valence-electron chi connectivity index (χ4n) is 3.32. The highest BCUT2D eigenvalue weighted by Gasteiger charge is 2.20. The minimum atomic E-state index is -0.586. The van der Waals surface area contributed by atoms with Crippen LogP contribution in [0.5, 0.6) is 0 Å². The monoisotopic (exact) mass is 497 g/mol. The zero-order valence-corrected chi connectivity index (χ0v) is 21.9. The number of nitrogens with one attached hydrogen (secondary N) is 1. The van der Waals surface area contributed by atoms with Crippen LogP contribution in [0.3, 0.4) is 0 Å². The molecule has 0 bridgehead atoms. The maximum Gasteiger partial charge on any atom is 0.269 e. The molecule has 0 spiro atoms. The lowest BCUT2D eigenvalue weighted by molar-refractivity contribution is -0.120. The van der Waals surface area contributed by atoms with Crippen molar-refractivity contribution in [2.24, 2.45) is 5.41 Å². The van der Waals surface area contributed by atoms with E-state index in [-0.39, 0.29) is 23.8 Å². The number of thiophene rings is 1. The number of ketones is 1. The first-order chi connectivity index (χ1) is 16.1. The fraction of sp³-hybridized carbons (Fsp3) is 0.346. The Hall–Kier alpha value is -2.97. The zero-order chi connectivity index (χ0) is 24.9. The molecule has 6 nitrogen and oxygen atoms in total. The molecule has 1 N–H and O–H groups in total. The molecular formula is C26H31N3O3S2. The quantitative estimate of drug-likeness (QED) is 0.515. The van der Waals surface area contributed by atoms with Crippen LogP contribution in [0.25, 0.3) is 12.2 Å². The van der Waals surface area contributed by atoms with Crippen LogP contribution in [0.1, 0.15) is 40.2 Å². The molecule has 0 fully saturated rings. The molecule has 0 saturated heterocycles. The second-order valence-corrected chi connectivity index (χ2v) is 10.8. The molecular weight excluding hydrogens is 466 g/mol. The van der Waals surface area contributed by atoms with Crippen LogP contribution in [0, 0.1) is 5.41 Å². The van der Waals surface area contributed by atoms with Crippen LogP contribution in [0.4, 0.5) is 11.4 Å². The third kappa shape index (κ3) is 6.33. The van der Waals surface area contributed by atoms with Gasteiger partial charge in [0.15, 0.2) is 5.78 Å². The minimum Gasteiger partial charge on any atom is -0.372 e. The van der Waals surface area contributed by atoms with E-state index >= 15 is 0 Å². The Labute approximate surface area is 207 Å². The molecule has 1 amide bonds. The van der Waals surface area contributed by atoms with Gasteiger partial charge in [-0.05, 0) is 66.6 Å². The highest BCUT2D eigenvalue weighted by Crippen LogP contribution is 2.18. The van der Waals surface area contributed by atoms with Crippen molar-refractivity contribution >= 4 is 57.9 Å². The summed E-state index contributed by atoms with van der Waals surface area (Å²) < 4.78 is 2.34. The predicted octanol–water partition coefficient (Wildman–Crippen LogP) is 3.68. The van der Waals surface area contributed by atoms with E-state index in [0.717, 1.165) is 24.3 Å². The largest absolute Gasteiger partial charge is 0.372 e. The second kappa shape index (κ2) is 11.0. The van der Waals surface area contributed by atoms with E-state index in [2.05, 4.69) is 24.1 Å². The summed E-state index contributed by atoms with van der Waals surface area (Å²) in [7, 11) is 0. The number of carbonyl (C=O) groups is 2. The zero-order valence-electron chi connectivity index (χ0n) is 20.3. The molecule has 2 heterocycles. The van der Waals surface area contributed by atoms with E-state index in [1.807, 2.05) is 61.9 Å². The Morgan fingerprint density at radius 1 is 1.09 bits per heavy atom. The van der Waals surface area contributed by atoms with Crippen LogP contribution in [0.15, 0.2) is 45.9 Å². The number of rotatable bonds is 8. The van der Waals surface area contributed by atoms with Gasteiger partial charge in [0.2, 0.25) is 5.91 Å². The highest BCUT2D eigenvalue weighted by atomic mass is 32.1. The van der Waals surface area contributed by atoms with Crippen molar-refractivity contribution in [3.05, 3.63) is 66.2 Å². The third-order valence-electron chi connectivity index (χ3n) is 5.35. The average molecular weight is 498 g/mol. The van der Waals surface area contributed by atoms with Gasteiger partial charge >= 0.3 is 0 Å². The van der Waals surface area contributed by atoms with Gasteiger partial charge in [-0.2, -0.15) is 11.3 Å². The fourth-order valence-corrected chi connectivity index (χ4v) is 4.98. The summed E-state index contributed by atoms with van der Waals surface area (Å²) in [6, 6.07) is 9.57. The summed E-state index contributed by atoms with van der Waals surface area (Å²) in [5, 5.41) is 6.75. The number of benzene rings is 1. The van der Waals surface area contributed by atoms with Gasteiger partial charge in [-0.25, -0.2) is 0 Å². The molecule has 0 aliphatic rings. The van der Waals surface area contributed by atoms with Gasteiger partial charge in [-0.15, -0.1) is 11.3 Å². The van der Waals surface area contributed by atoms with Crippen molar-refractivity contribution in [3.63, 3.8) is 0 Å². The Morgan fingerprint density at radius 3 is 2.32 bits per heavy atom. The number of nitrogens with zero attached hydrogens (tertiary/aromatic N) is 2. The number of aromatic nitrogens is 1. The molecule has 0 unspecified atom stereocenters. The first kappa shape index (κ1) is 25.6. The van der Waals surface area contributed by atoms with E-state index < -0.39 is 5.41 Å². The number of hydrogen-bond acceptors (Lipinski definition) is 6. The number of hydrogen-bond donors (Lipinski definition) is 1. The van der Waals surface area contributed by atoms with Gasteiger partial charge in [0.25, 0.3) is 5.56 Å². The number of carbonyl (C=O) groups excluding carboxylic acids is 2. The Bertz CT molecular complexity index is 1310. The average Bonchev–Trinajstić information content (AvgIpc) is 3.39. The van der Waals surface area contributed by atoms with Crippen LogP contribution < -0.4 is 25.0 Å². The molecule has 3 rings (SSSR count). The maximum atomic E-state index is 13.1. The van der Waals surface area contributed by atoms with Gasteiger partial charge in [0.1, 0.15) is 11.2 Å². The Kier molecular flexibility index (Phi) is 8.28. The van der Waals surface area contributed by atoms with Crippen LogP contribution in [-0.2, 0) is 16.1 Å². The molecule has 3 aromatic rings. The summed E-state index contributed by atoms with van der Waals surface area (Å²) in [5.74, 6) is -0.424. The van der Waals surface area contributed by atoms with E-state index in [4.69, 9.17) is 0 Å². The summed E-state index contributed by atoms with van der Waals surface area (Å²) >= 11 is 2.77. The van der Waals surface area contributed by atoms with Gasteiger partial charge in [-0.3, -0.25) is 19.0 Å². The molecule has 0 atom stereocenters. The van der Waals surface area contributed by atoms with Gasteiger partial charge in [0, 0.05) is 36.0 Å². The van der Waals surface area contributed by atoms with Crippen molar-refractivity contribution in [3.8, 4) is 0 Å². The summed E-state index contributed by atoms with van der Waals surface area (Å²) in [5.41, 5.74) is 1.80. The normalized spacial score (nSPS) is 12.7. The summed E-state index contributed by atoms with van der Waals surface area (Å²) in [4.78, 5) is 40.9. The lowest BCUT2D eigenvalue weighted by atomic mass is 9.91. The van der Waals surface area contributed by atoms with Crippen molar-refractivity contribution in [1.29, 1.82) is 0 Å². The summed E-state index contributed by atoms with van der Waals surface area (Å²) in [6.45, 7) is 11.3. The topological polar surface area (TPSA) is 71.4 Å². The number of amides is 1. The predicted molar refractivity (Wildman–Crippen MR) is 143 cm³/mol. The lowest BCUT2D eigenvalue weighted by Gasteiger charge is -2.21. The van der Waals surface area contributed by atoms with Crippen molar-refractivity contribution < 1.29 is 9.59 Å². The third-order valence-corrected chi connectivity index (χ3v) is 7.11. The molecule has 8 heteroatoms. The highest BCUT2D eigenvalue weighted by molar-refractivity contribution is 7.08. The number of thiazole rings is 1. The molecule has 180 valence electrons. The second-order valence-electron chi connectivity index (χ2n) is 8.92. The summed E-state index contributed by atoms with van der Waals surface area (Å²) in [6.07, 6.45) is 3.27.